The Morgan fingerprint density at radius 2 is 1.96 bits per heavy atom. The molecule has 0 spiro atoms. The van der Waals surface area contributed by atoms with Crippen LogP contribution < -0.4 is 4.74 Å². The Kier molecular flexibility index (Phi) is 6.22. The molecule has 0 radical (unpaired) electrons. The number of benzene rings is 1. The Morgan fingerprint density at radius 3 is 2.52 bits per heavy atom. The molecule has 4 nitrogen and oxygen atoms in total. The highest BCUT2D eigenvalue weighted by atomic mass is 16.7. The first-order valence-electron chi connectivity index (χ1n) is 8.19. The Hall–Kier alpha value is -1.36. The molecule has 1 heterocycles. The van der Waals surface area contributed by atoms with Gasteiger partial charge >= 0.3 is 0 Å². The minimum Gasteiger partial charge on any atom is -0.497 e. The van der Waals surface area contributed by atoms with Gasteiger partial charge in [0.15, 0.2) is 6.29 Å². The summed E-state index contributed by atoms with van der Waals surface area (Å²) in [7, 11) is 1.64. The number of hydrogen-bond acceptors (Lipinski definition) is 4. The van der Waals surface area contributed by atoms with E-state index in [0.29, 0.717) is 6.61 Å². The van der Waals surface area contributed by atoms with Crippen LogP contribution in [0.1, 0.15) is 32.6 Å². The van der Waals surface area contributed by atoms with Gasteiger partial charge in [-0.05, 0) is 12.1 Å². The second-order valence-corrected chi connectivity index (χ2v) is 6.46. The second-order valence-electron chi connectivity index (χ2n) is 6.46. The SMILES string of the molecule is C=C[C@@H](C)[C@H](O)[C@@H](C)[C@@H]1OC(c2ccc(OC)cc2)OC[C@@H]1C. The molecule has 23 heavy (non-hydrogen) atoms. The smallest absolute Gasteiger partial charge is 0.184 e. The van der Waals surface area contributed by atoms with Crippen LogP contribution in [0.3, 0.4) is 0 Å². The van der Waals surface area contributed by atoms with E-state index in [2.05, 4.69) is 13.5 Å². The first-order chi connectivity index (χ1) is 11.0. The van der Waals surface area contributed by atoms with Crippen molar-refractivity contribution in [3.63, 3.8) is 0 Å². The average Bonchev–Trinajstić information content (AvgIpc) is 2.60. The molecule has 1 N–H and O–H groups in total. The molecule has 0 aromatic heterocycles. The van der Waals surface area contributed by atoms with E-state index in [4.69, 9.17) is 14.2 Å². The summed E-state index contributed by atoms with van der Waals surface area (Å²) in [6.07, 6.45) is 0.838. The maximum Gasteiger partial charge on any atom is 0.184 e. The van der Waals surface area contributed by atoms with Gasteiger partial charge in [-0.1, -0.05) is 39.0 Å². The summed E-state index contributed by atoms with van der Waals surface area (Å²) in [6.45, 7) is 10.5. The molecule has 128 valence electrons. The van der Waals surface area contributed by atoms with Crippen LogP contribution in [-0.2, 0) is 9.47 Å². The van der Waals surface area contributed by atoms with Gasteiger partial charge in [0.25, 0.3) is 0 Å². The normalized spacial score (nSPS) is 28.7. The van der Waals surface area contributed by atoms with E-state index < -0.39 is 12.4 Å². The van der Waals surface area contributed by atoms with Crippen LogP contribution in [0.2, 0.25) is 0 Å². The molecular formula is C19H28O4. The highest BCUT2D eigenvalue weighted by molar-refractivity contribution is 5.28. The van der Waals surface area contributed by atoms with E-state index in [-0.39, 0.29) is 23.9 Å². The van der Waals surface area contributed by atoms with Crippen LogP contribution in [0, 0.1) is 17.8 Å². The van der Waals surface area contributed by atoms with Crippen molar-refractivity contribution in [3.05, 3.63) is 42.5 Å². The fraction of sp³-hybridized carbons (Fsp3) is 0.579. The van der Waals surface area contributed by atoms with Gasteiger partial charge in [-0.25, -0.2) is 0 Å². The van der Waals surface area contributed by atoms with Crippen molar-refractivity contribution in [1.29, 1.82) is 0 Å². The van der Waals surface area contributed by atoms with Crippen LogP contribution in [0.25, 0.3) is 0 Å². The second kappa shape index (κ2) is 7.95. The molecule has 0 bridgehead atoms. The Labute approximate surface area is 139 Å². The number of rotatable bonds is 6. The third kappa shape index (κ3) is 4.14. The van der Waals surface area contributed by atoms with Gasteiger partial charge in [0.1, 0.15) is 5.75 Å². The van der Waals surface area contributed by atoms with Crippen molar-refractivity contribution in [2.75, 3.05) is 13.7 Å². The first kappa shape index (κ1) is 18.0. The molecule has 1 unspecified atom stereocenters. The van der Waals surface area contributed by atoms with Crippen molar-refractivity contribution in [3.8, 4) is 5.75 Å². The molecule has 2 rings (SSSR count). The molecular weight excluding hydrogens is 292 g/mol. The predicted octanol–water partition coefficient (Wildman–Crippen LogP) is 3.56. The zero-order chi connectivity index (χ0) is 17.0. The highest BCUT2D eigenvalue weighted by Crippen LogP contribution is 2.35. The number of methoxy groups -OCH3 is 1. The van der Waals surface area contributed by atoms with Crippen molar-refractivity contribution in [1.82, 2.24) is 0 Å². The van der Waals surface area contributed by atoms with Crippen LogP contribution in [-0.4, -0.2) is 31.0 Å². The molecule has 6 atom stereocenters. The monoisotopic (exact) mass is 320 g/mol. The lowest BCUT2D eigenvalue weighted by atomic mass is 9.84. The fourth-order valence-electron chi connectivity index (χ4n) is 3.04. The van der Waals surface area contributed by atoms with Crippen LogP contribution >= 0.6 is 0 Å². The molecule has 1 fully saturated rings. The molecule has 1 aromatic rings. The van der Waals surface area contributed by atoms with E-state index in [1.165, 1.54) is 0 Å². The molecule has 1 aliphatic rings. The molecule has 1 saturated heterocycles. The Balaban J connectivity index is 2.09. The van der Waals surface area contributed by atoms with Gasteiger partial charge < -0.3 is 19.3 Å². The molecule has 1 aromatic carbocycles. The average molecular weight is 320 g/mol. The summed E-state index contributed by atoms with van der Waals surface area (Å²) in [4.78, 5) is 0. The van der Waals surface area contributed by atoms with E-state index in [0.717, 1.165) is 11.3 Å². The van der Waals surface area contributed by atoms with Crippen LogP contribution in [0.5, 0.6) is 5.75 Å². The van der Waals surface area contributed by atoms with E-state index >= 15 is 0 Å². The number of ether oxygens (including phenoxy) is 3. The van der Waals surface area contributed by atoms with Crippen molar-refractivity contribution < 1.29 is 19.3 Å². The quantitative estimate of drug-likeness (QED) is 0.814. The summed E-state index contributed by atoms with van der Waals surface area (Å²) in [5, 5.41) is 10.5. The number of hydrogen-bond donors (Lipinski definition) is 1. The predicted molar refractivity (Wildman–Crippen MR) is 90.3 cm³/mol. The van der Waals surface area contributed by atoms with E-state index in [9.17, 15) is 5.11 Å². The van der Waals surface area contributed by atoms with Crippen molar-refractivity contribution >= 4 is 0 Å². The molecule has 0 amide bonds. The fourth-order valence-corrected chi connectivity index (χ4v) is 3.04. The summed E-state index contributed by atoms with van der Waals surface area (Å²) in [5.74, 6) is 1.06. The number of aliphatic hydroxyl groups is 1. The minimum absolute atomic E-state index is 0.00245. The maximum atomic E-state index is 10.5. The van der Waals surface area contributed by atoms with Crippen molar-refractivity contribution in [2.45, 2.75) is 39.3 Å². The zero-order valence-corrected chi connectivity index (χ0v) is 14.4. The third-order valence-electron chi connectivity index (χ3n) is 4.71. The van der Waals surface area contributed by atoms with Crippen LogP contribution in [0.4, 0.5) is 0 Å². The Bertz CT molecular complexity index is 499. The maximum absolute atomic E-state index is 10.5. The van der Waals surface area contributed by atoms with Gasteiger partial charge in [0.05, 0.1) is 25.9 Å². The first-order valence-corrected chi connectivity index (χ1v) is 8.19. The standard InChI is InChI=1S/C19H28O4/c1-6-12(2)17(20)14(4)18-13(3)11-22-19(23-18)15-7-9-16(21-5)10-8-15/h6-10,12-14,17-20H,1,11H2,2-5H3/t12-,13+,14-,17+,18-,19?/m1/s1. The molecule has 0 saturated carbocycles. The zero-order valence-electron chi connectivity index (χ0n) is 14.4. The summed E-state index contributed by atoms with van der Waals surface area (Å²) in [5.41, 5.74) is 0.959. The lowest BCUT2D eigenvalue weighted by Crippen LogP contribution is -2.44. The molecule has 1 aliphatic heterocycles. The van der Waals surface area contributed by atoms with Crippen molar-refractivity contribution in [2.24, 2.45) is 17.8 Å². The largest absolute Gasteiger partial charge is 0.497 e. The highest BCUT2D eigenvalue weighted by Gasteiger charge is 2.37. The lowest BCUT2D eigenvalue weighted by Gasteiger charge is -2.40. The number of aliphatic hydroxyl groups excluding tert-OH is 1. The molecule has 4 heteroatoms. The molecule has 0 aliphatic carbocycles. The van der Waals surface area contributed by atoms with Crippen LogP contribution in [0.15, 0.2) is 36.9 Å². The van der Waals surface area contributed by atoms with E-state index in [1.54, 1.807) is 13.2 Å². The summed E-state index contributed by atoms with van der Waals surface area (Å²) in [6, 6.07) is 7.69. The topological polar surface area (TPSA) is 47.9 Å². The van der Waals surface area contributed by atoms with Gasteiger partial charge in [-0.15, -0.1) is 6.58 Å². The Morgan fingerprint density at radius 1 is 1.30 bits per heavy atom. The minimum atomic E-state index is -0.477. The van der Waals surface area contributed by atoms with Gasteiger partial charge in [-0.2, -0.15) is 0 Å². The van der Waals surface area contributed by atoms with E-state index in [1.807, 2.05) is 38.1 Å². The van der Waals surface area contributed by atoms with Gasteiger partial charge in [-0.3, -0.25) is 0 Å². The third-order valence-corrected chi connectivity index (χ3v) is 4.71. The lowest BCUT2D eigenvalue weighted by molar-refractivity contribution is -0.256. The van der Waals surface area contributed by atoms with Gasteiger partial charge in [0.2, 0.25) is 0 Å². The van der Waals surface area contributed by atoms with Gasteiger partial charge in [0, 0.05) is 23.3 Å². The summed E-state index contributed by atoms with van der Waals surface area (Å²) < 4.78 is 17.2. The summed E-state index contributed by atoms with van der Waals surface area (Å²) >= 11 is 0.